The number of halogens is 3. The van der Waals surface area contributed by atoms with Gasteiger partial charge in [0.05, 0.1) is 12.2 Å². The van der Waals surface area contributed by atoms with E-state index in [-0.39, 0.29) is 35.5 Å². The lowest BCUT2D eigenvalue weighted by Crippen LogP contribution is -2.34. The molecule has 0 aromatic heterocycles. The molecule has 4 atom stereocenters. The zero-order valence-corrected chi connectivity index (χ0v) is 19.7. The summed E-state index contributed by atoms with van der Waals surface area (Å²) < 4.78 is 45.6. The second-order valence-electron chi connectivity index (χ2n) is 9.78. The van der Waals surface area contributed by atoms with Crippen molar-refractivity contribution in [2.75, 3.05) is 26.8 Å². The zero-order chi connectivity index (χ0) is 24.6. The number of benzene rings is 1. The highest BCUT2D eigenvalue weighted by atomic mass is 19.4. The summed E-state index contributed by atoms with van der Waals surface area (Å²) in [5.41, 5.74) is 0.928. The van der Waals surface area contributed by atoms with Gasteiger partial charge < -0.3 is 9.64 Å². The monoisotopic (exact) mass is 486 g/mol. The smallest absolute Gasteiger partial charge is 0.384 e. The molecule has 1 aromatic rings. The van der Waals surface area contributed by atoms with Crippen LogP contribution in [0, 0.1) is 11.8 Å². The van der Waals surface area contributed by atoms with Gasteiger partial charge in [0.1, 0.15) is 6.04 Å². The van der Waals surface area contributed by atoms with Gasteiger partial charge in [-0.1, -0.05) is 24.3 Å². The first-order valence-electron chi connectivity index (χ1n) is 12.2. The van der Waals surface area contributed by atoms with Crippen molar-refractivity contribution >= 4 is 23.8 Å². The van der Waals surface area contributed by atoms with Crippen molar-refractivity contribution < 1.29 is 22.7 Å². The van der Waals surface area contributed by atoms with Crippen molar-refractivity contribution in [3.05, 3.63) is 47.0 Å². The molecule has 1 aromatic carbocycles. The van der Waals surface area contributed by atoms with Gasteiger partial charge in [0.2, 0.25) is 5.84 Å². The first-order valence-corrected chi connectivity index (χ1v) is 12.2. The summed E-state index contributed by atoms with van der Waals surface area (Å²) in [6, 6.07) is 5.67. The van der Waals surface area contributed by atoms with Crippen LogP contribution in [0.3, 0.4) is 0 Å². The van der Waals surface area contributed by atoms with Crippen LogP contribution >= 0.6 is 0 Å². The molecule has 3 heterocycles. The molecule has 5 rings (SSSR count). The predicted octanol–water partition coefficient (Wildman–Crippen LogP) is 4.66. The maximum absolute atomic E-state index is 13.5. The maximum Gasteiger partial charge on any atom is 0.416 e. The van der Waals surface area contributed by atoms with Crippen molar-refractivity contribution in [2.45, 2.75) is 50.2 Å². The van der Waals surface area contributed by atoms with Gasteiger partial charge in [-0.2, -0.15) is 13.2 Å². The van der Waals surface area contributed by atoms with E-state index in [9.17, 15) is 18.0 Å². The largest absolute Gasteiger partial charge is 0.416 e. The van der Waals surface area contributed by atoms with Gasteiger partial charge in [0.25, 0.3) is 5.91 Å². The van der Waals surface area contributed by atoms with Gasteiger partial charge in [0.15, 0.2) is 5.84 Å². The fourth-order valence-electron chi connectivity index (χ4n) is 5.82. The normalized spacial score (nSPS) is 28.1. The number of carbonyl (C=O) groups is 1. The standard InChI is InChI=1S/C26H29F3N4O2/c1-35-10-9-16-5-4-8-22-23(30-13-16)32-24(31-22)25(34)33-14-18-11-17(12-19(18)15-33)20-6-2-3-7-21(20)26(27,28)29/h2-3,5-7,13,17-19,22H,4,8-12,14-15H2,1H3/t17?,18-,19+,22?. The molecule has 0 N–H and O–H groups in total. The first-order chi connectivity index (χ1) is 16.8. The number of carbonyl (C=O) groups excluding carboxylic acids is 1. The number of amides is 1. The van der Waals surface area contributed by atoms with Crippen LogP contribution in [0.2, 0.25) is 0 Å². The summed E-state index contributed by atoms with van der Waals surface area (Å²) in [7, 11) is 1.66. The van der Waals surface area contributed by atoms with E-state index in [2.05, 4.69) is 21.1 Å². The Morgan fingerprint density at radius 1 is 1.17 bits per heavy atom. The van der Waals surface area contributed by atoms with E-state index in [0.29, 0.717) is 43.9 Å². The van der Waals surface area contributed by atoms with Crippen molar-refractivity contribution in [1.82, 2.24) is 4.90 Å². The Labute approximate surface area is 202 Å². The molecule has 0 bridgehead atoms. The van der Waals surface area contributed by atoms with Crippen LogP contribution in [-0.2, 0) is 15.7 Å². The average Bonchev–Trinajstić information content (AvgIpc) is 3.51. The van der Waals surface area contributed by atoms with E-state index in [4.69, 9.17) is 4.74 Å². The van der Waals surface area contributed by atoms with Crippen LogP contribution in [0.15, 0.2) is 50.9 Å². The van der Waals surface area contributed by atoms with E-state index in [1.165, 1.54) is 12.1 Å². The number of amidine groups is 2. The summed E-state index contributed by atoms with van der Waals surface area (Å²) in [4.78, 5) is 28.5. The summed E-state index contributed by atoms with van der Waals surface area (Å²) in [6.07, 6.45) is 3.22. The van der Waals surface area contributed by atoms with Gasteiger partial charge in [-0.25, -0.2) is 9.98 Å². The van der Waals surface area contributed by atoms with E-state index in [1.807, 2.05) is 0 Å². The molecule has 3 aliphatic heterocycles. The second-order valence-corrected chi connectivity index (χ2v) is 9.78. The van der Waals surface area contributed by atoms with Crippen LogP contribution in [0.1, 0.15) is 49.1 Å². The molecule has 9 heteroatoms. The lowest BCUT2D eigenvalue weighted by atomic mass is 9.91. The fourth-order valence-corrected chi connectivity index (χ4v) is 5.82. The highest BCUT2D eigenvalue weighted by Crippen LogP contribution is 2.48. The summed E-state index contributed by atoms with van der Waals surface area (Å²) in [5.74, 6) is 0.821. The third-order valence-corrected chi connectivity index (χ3v) is 7.54. The predicted molar refractivity (Wildman–Crippen MR) is 128 cm³/mol. The Morgan fingerprint density at radius 3 is 2.63 bits per heavy atom. The lowest BCUT2D eigenvalue weighted by Gasteiger charge is -2.21. The lowest BCUT2D eigenvalue weighted by molar-refractivity contribution is -0.138. The molecule has 2 unspecified atom stereocenters. The third kappa shape index (κ3) is 4.96. The molecule has 1 saturated heterocycles. The van der Waals surface area contributed by atoms with E-state index >= 15 is 0 Å². The maximum atomic E-state index is 13.5. The summed E-state index contributed by atoms with van der Waals surface area (Å²) >= 11 is 0. The minimum atomic E-state index is -4.35. The molecular formula is C26H29F3N4O2. The SMILES string of the molecule is COCCC1=CCCC2N=C(C(=O)N3C[C@H]4CC(c5ccccc5C(F)(F)F)C[C@H]4C3)N=C2N=C1. The number of alkyl halides is 3. The molecule has 1 saturated carbocycles. The summed E-state index contributed by atoms with van der Waals surface area (Å²) in [6.45, 7) is 1.69. The van der Waals surface area contributed by atoms with Crippen molar-refractivity contribution in [3.8, 4) is 0 Å². The first kappa shape index (κ1) is 23.9. The van der Waals surface area contributed by atoms with E-state index in [0.717, 1.165) is 24.8 Å². The number of rotatable bonds is 5. The van der Waals surface area contributed by atoms with Crippen molar-refractivity contribution in [1.29, 1.82) is 0 Å². The minimum absolute atomic E-state index is 0.131. The van der Waals surface area contributed by atoms with Crippen LogP contribution in [0.25, 0.3) is 0 Å². The molecular weight excluding hydrogens is 457 g/mol. The van der Waals surface area contributed by atoms with Gasteiger partial charge in [-0.15, -0.1) is 0 Å². The molecule has 186 valence electrons. The second kappa shape index (κ2) is 9.68. The number of aliphatic imine (C=N–C) groups is 3. The van der Waals surface area contributed by atoms with E-state index in [1.54, 1.807) is 30.4 Å². The van der Waals surface area contributed by atoms with Crippen LogP contribution < -0.4 is 0 Å². The highest BCUT2D eigenvalue weighted by Gasteiger charge is 2.46. The number of hydrogen-bond acceptors (Lipinski definition) is 5. The Bertz CT molecular complexity index is 1090. The molecule has 1 aliphatic carbocycles. The molecule has 0 radical (unpaired) electrons. The Hall–Kier alpha value is -2.81. The molecule has 2 fully saturated rings. The number of hydrogen-bond donors (Lipinski definition) is 0. The molecule has 0 spiro atoms. The number of fused-ring (bicyclic) bond motifs is 2. The van der Waals surface area contributed by atoms with Gasteiger partial charge in [0, 0.05) is 26.4 Å². The highest BCUT2D eigenvalue weighted by molar-refractivity contribution is 6.41. The van der Waals surface area contributed by atoms with Crippen LogP contribution in [-0.4, -0.2) is 61.5 Å². The number of likely N-dealkylation sites (tertiary alicyclic amines) is 1. The zero-order valence-electron chi connectivity index (χ0n) is 19.7. The number of allylic oxidation sites excluding steroid dienone is 1. The van der Waals surface area contributed by atoms with Crippen LogP contribution in [0.5, 0.6) is 0 Å². The molecule has 6 nitrogen and oxygen atoms in total. The average molecular weight is 487 g/mol. The number of nitrogens with zero attached hydrogens (tertiary/aromatic N) is 4. The molecule has 1 amide bonds. The summed E-state index contributed by atoms with van der Waals surface area (Å²) in [5, 5.41) is 0. The van der Waals surface area contributed by atoms with Gasteiger partial charge in [-0.05, 0) is 67.1 Å². The molecule has 35 heavy (non-hydrogen) atoms. The van der Waals surface area contributed by atoms with Crippen molar-refractivity contribution in [3.63, 3.8) is 0 Å². The Morgan fingerprint density at radius 2 is 1.91 bits per heavy atom. The van der Waals surface area contributed by atoms with Crippen molar-refractivity contribution in [2.24, 2.45) is 26.8 Å². The third-order valence-electron chi connectivity index (χ3n) is 7.54. The Balaban J connectivity index is 1.23. The minimum Gasteiger partial charge on any atom is -0.384 e. The van der Waals surface area contributed by atoms with Crippen LogP contribution in [0.4, 0.5) is 13.2 Å². The molecule has 4 aliphatic rings. The Kier molecular flexibility index (Phi) is 6.61. The topological polar surface area (TPSA) is 66.6 Å². The van der Waals surface area contributed by atoms with Gasteiger partial charge >= 0.3 is 6.18 Å². The number of ether oxygens (including phenoxy) is 1. The fraction of sp³-hybridized carbons (Fsp3) is 0.538. The van der Waals surface area contributed by atoms with Gasteiger partial charge in [-0.3, -0.25) is 9.79 Å². The quantitative estimate of drug-likeness (QED) is 0.608. The van der Waals surface area contributed by atoms with E-state index < -0.39 is 11.7 Å². The number of methoxy groups -OCH3 is 1.